The molecule has 2 aromatic heterocycles. The van der Waals surface area contributed by atoms with E-state index in [0.717, 1.165) is 26.6 Å². The largest absolute Gasteiger partial charge is 0.373 e. The molecule has 1 N–H and O–H groups in total. The summed E-state index contributed by atoms with van der Waals surface area (Å²) in [6, 6.07) is 0. The van der Waals surface area contributed by atoms with E-state index in [1.807, 2.05) is 26.4 Å². The zero-order chi connectivity index (χ0) is 13.3. The second-order valence-corrected chi connectivity index (χ2v) is 5.63. The summed E-state index contributed by atoms with van der Waals surface area (Å²) in [5.41, 5.74) is 1.00. The van der Waals surface area contributed by atoms with Crippen molar-refractivity contribution in [3.8, 4) is 5.82 Å². The van der Waals surface area contributed by atoms with Crippen LogP contribution in [0.2, 0.25) is 0 Å². The lowest BCUT2D eigenvalue weighted by atomic mass is 10.2. The molecule has 0 saturated heterocycles. The van der Waals surface area contributed by atoms with Gasteiger partial charge in [0.15, 0.2) is 5.82 Å². The van der Waals surface area contributed by atoms with Crippen molar-refractivity contribution in [2.45, 2.75) is 26.7 Å². The van der Waals surface area contributed by atoms with Crippen LogP contribution in [0.25, 0.3) is 5.82 Å². The molecule has 0 saturated carbocycles. The fourth-order valence-corrected chi connectivity index (χ4v) is 2.05. The van der Waals surface area contributed by atoms with Crippen molar-refractivity contribution in [3.05, 3.63) is 27.4 Å². The van der Waals surface area contributed by atoms with Crippen molar-refractivity contribution in [1.82, 2.24) is 19.7 Å². The molecular formula is C12H16IN5. The fourth-order valence-electron chi connectivity index (χ4n) is 1.66. The van der Waals surface area contributed by atoms with Gasteiger partial charge >= 0.3 is 0 Å². The molecule has 0 atom stereocenters. The average Bonchev–Trinajstić information content (AvgIpc) is 2.75. The minimum atomic E-state index is 0.283. The maximum atomic E-state index is 4.61. The molecule has 5 nitrogen and oxygen atoms in total. The minimum Gasteiger partial charge on any atom is -0.373 e. The Hall–Kier alpha value is -1.18. The van der Waals surface area contributed by atoms with Gasteiger partial charge in [-0.1, -0.05) is 13.8 Å². The van der Waals surface area contributed by atoms with Crippen LogP contribution in [0.4, 0.5) is 5.82 Å². The van der Waals surface area contributed by atoms with E-state index < -0.39 is 0 Å². The van der Waals surface area contributed by atoms with Crippen LogP contribution < -0.4 is 5.32 Å². The van der Waals surface area contributed by atoms with E-state index in [9.17, 15) is 0 Å². The molecule has 0 aliphatic rings. The van der Waals surface area contributed by atoms with Crippen LogP contribution >= 0.6 is 22.6 Å². The first kappa shape index (κ1) is 13.3. The first-order valence-electron chi connectivity index (χ1n) is 5.79. The standard InChI is InChI=1S/C12H16IN5/c1-7(2)10-16-11(14-4)8(3)12(17-10)18-6-9(13)5-15-18/h5-7H,1-4H3,(H,14,16,17). The summed E-state index contributed by atoms with van der Waals surface area (Å²) < 4.78 is 2.88. The summed E-state index contributed by atoms with van der Waals surface area (Å²) in [7, 11) is 1.87. The van der Waals surface area contributed by atoms with Crippen LogP contribution in [-0.4, -0.2) is 26.8 Å². The predicted molar refractivity (Wildman–Crippen MR) is 80.2 cm³/mol. The molecule has 0 aliphatic heterocycles. The van der Waals surface area contributed by atoms with E-state index in [1.165, 1.54) is 0 Å². The molecule has 0 fully saturated rings. The summed E-state index contributed by atoms with van der Waals surface area (Å²) in [6.45, 7) is 6.17. The number of rotatable bonds is 3. The summed E-state index contributed by atoms with van der Waals surface area (Å²) in [4.78, 5) is 9.13. The first-order chi connectivity index (χ1) is 8.52. The molecule has 0 radical (unpaired) electrons. The third kappa shape index (κ3) is 2.47. The van der Waals surface area contributed by atoms with Gasteiger partial charge in [0, 0.05) is 24.7 Å². The van der Waals surface area contributed by atoms with Gasteiger partial charge in [0.05, 0.1) is 9.77 Å². The molecular weight excluding hydrogens is 341 g/mol. The fraction of sp³-hybridized carbons (Fsp3) is 0.417. The number of hydrogen-bond donors (Lipinski definition) is 1. The monoisotopic (exact) mass is 357 g/mol. The number of nitrogens with zero attached hydrogens (tertiary/aromatic N) is 4. The van der Waals surface area contributed by atoms with Crippen LogP contribution in [0, 0.1) is 10.5 Å². The topological polar surface area (TPSA) is 55.6 Å². The van der Waals surface area contributed by atoms with E-state index >= 15 is 0 Å². The highest BCUT2D eigenvalue weighted by molar-refractivity contribution is 14.1. The second-order valence-electron chi connectivity index (χ2n) is 4.39. The van der Waals surface area contributed by atoms with Crippen molar-refractivity contribution in [1.29, 1.82) is 0 Å². The molecule has 0 spiro atoms. The first-order valence-corrected chi connectivity index (χ1v) is 6.87. The highest BCUT2D eigenvalue weighted by Gasteiger charge is 2.14. The average molecular weight is 357 g/mol. The van der Waals surface area contributed by atoms with Gasteiger partial charge in [-0.05, 0) is 29.5 Å². The molecule has 96 valence electrons. The SMILES string of the molecule is CNc1nc(C(C)C)nc(-n2cc(I)cn2)c1C. The molecule has 0 aliphatic carbocycles. The number of anilines is 1. The Morgan fingerprint density at radius 3 is 2.56 bits per heavy atom. The Balaban J connectivity index is 2.61. The van der Waals surface area contributed by atoms with Crippen LogP contribution in [0.15, 0.2) is 12.4 Å². The van der Waals surface area contributed by atoms with Gasteiger partial charge in [-0.2, -0.15) is 5.10 Å². The van der Waals surface area contributed by atoms with E-state index in [1.54, 1.807) is 4.68 Å². The number of hydrogen-bond acceptors (Lipinski definition) is 4. The highest BCUT2D eigenvalue weighted by Crippen LogP contribution is 2.22. The molecule has 0 aromatic carbocycles. The summed E-state index contributed by atoms with van der Waals surface area (Å²) in [6.07, 6.45) is 3.77. The van der Waals surface area contributed by atoms with Crippen molar-refractivity contribution in [3.63, 3.8) is 0 Å². The van der Waals surface area contributed by atoms with Crippen LogP contribution in [0.5, 0.6) is 0 Å². The quantitative estimate of drug-likeness (QED) is 0.859. The Morgan fingerprint density at radius 2 is 2.06 bits per heavy atom. The number of aromatic nitrogens is 4. The van der Waals surface area contributed by atoms with Gasteiger partial charge in [-0.3, -0.25) is 0 Å². The van der Waals surface area contributed by atoms with Gasteiger partial charge in [0.2, 0.25) is 0 Å². The third-order valence-corrected chi connectivity index (χ3v) is 3.22. The van der Waals surface area contributed by atoms with Gasteiger partial charge < -0.3 is 5.32 Å². The molecule has 2 aromatic rings. The van der Waals surface area contributed by atoms with E-state index in [0.29, 0.717) is 0 Å². The molecule has 18 heavy (non-hydrogen) atoms. The van der Waals surface area contributed by atoms with Gasteiger partial charge in [0.1, 0.15) is 11.6 Å². The molecule has 2 heterocycles. The van der Waals surface area contributed by atoms with Gasteiger partial charge in [-0.15, -0.1) is 0 Å². The number of halogens is 1. The molecule has 0 amide bonds. The van der Waals surface area contributed by atoms with Crippen molar-refractivity contribution < 1.29 is 0 Å². The van der Waals surface area contributed by atoms with Gasteiger partial charge in [0.25, 0.3) is 0 Å². The normalized spacial score (nSPS) is 11.0. The van der Waals surface area contributed by atoms with E-state index in [2.05, 4.69) is 56.8 Å². The summed E-state index contributed by atoms with van der Waals surface area (Å²) in [5, 5.41) is 7.43. The summed E-state index contributed by atoms with van der Waals surface area (Å²) in [5.74, 6) is 2.80. The van der Waals surface area contributed by atoms with E-state index in [-0.39, 0.29) is 5.92 Å². The Morgan fingerprint density at radius 1 is 1.33 bits per heavy atom. The summed E-state index contributed by atoms with van der Waals surface area (Å²) >= 11 is 2.24. The third-order valence-electron chi connectivity index (χ3n) is 2.66. The number of nitrogens with one attached hydrogen (secondary N) is 1. The van der Waals surface area contributed by atoms with E-state index in [4.69, 9.17) is 0 Å². The highest BCUT2D eigenvalue weighted by atomic mass is 127. The van der Waals surface area contributed by atoms with Crippen molar-refractivity contribution in [2.75, 3.05) is 12.4 Å². The maximum Gasteiger partial charge on any atom is 0.162 e. The minimum absolute atomic E-state index is 0.283. The van der Waals surface area contributed by atoms with Crippen molar-refractivity contribution in [2.24, 2.45) is 0 Å². The van der Waals surface area contributed by atoms with Crippen molar-refractivity contribution >= 4 is 28.4 Å². The van der Waals surface area contributed by atoms with Crippen LogP contribution in [-0.2, 0) is 0 Å². The lowest BCUT2D eigenvalue weighted by molar-refractivity contribution is 0.741. The Labute approximate surface area is 120 Å². The maximum absolute atomic E-state index is 4.61. The Bertz CT molecular complexity index is 562. The predicted octanol–water partition coefficient (Wildman–Crippen LogP) is 2.74. The zero-order valence-electron chi connectivity index (χ0n) is 10.9. The molecule has 0 unspecified atom stereocenters. The smallest absolute Gasteiger partial charge is 0.162 e. The second kappa shape index (κ2) is 5.21. The lowest BCUT2D eigenvalue weighted by Gasteiger charge is -2.13. The van der Waals surface area contributed by atoms with Gasteiger partial charge in [-0.25, -0.2) is 14.6 Å². The van der Waals surface area contributed by atoms with Crippen LogP contribution in [0.3, 0.4) is 0 Å². The lowest BCUT2D eigenvalue weighted by Crippen LogP contribution is -2.10. The zero-order valence-corrected chi connectivity index (χ0v) is 13.1. The molecule has 0 bridgehead atoms. The molecule has 2 rings (SSSR count). The van der Waals surface area contributed by atoms with Crippen LogP contribution in [0.1, 0.15) is 31.2 Å². The Kier molecular flexibility index (Phi) is 3.84. The molecule has 6 heteroatoms.